The minimum atomic E-state index is -0.142. The second-order valence-corrected chi connectivity index (χ2v) is 4.99. The summed E-state index contributed by atoms with van der Waals surface area (Å²) < 4.78 is 5.55. The Morgan fingerprint density at radius 2 is 1.85 bits per heavy atom. The smallest absolute Gasteiger partial charge is 0.262 e. The van der Waals surface area contributed by atoms with Gasteiger partial charge in [0.2, 0.25) is 0 Å². The molecule has 3 rings (SSSR count). The second kappa shape index (κ2) is 5.78. The van der Waals surface area contributed by atoms with Gasteiger partial charge in [-0.1, -0.05) is 24.3 Å². The lowest BCUT2D eigenvalue weighted by molar-refractivity contribution is -0.118. The number of para-hydroxylation sites is 1. The van der Waals surface area contributed by atoms with Crippen LogP contribution in [0.5, 0.6) is 5.75 Å². The average Bonchev–Trinajstić information content (AvgIpc) is 2.93. The second-order valence-electron chi connectivity index (χ2n) is 4.99. The van der Waals surface area contributed by atoms with Crippen molar-refractivity contribution < 1.29 is 9.53 Å². The van der Waals surface area contributed by atoms with Crippen molar-refractivity contribution in [2.24, 2.45) is 0 Å². The third-order valence-electron chi connectivity index (χ3n) is 3.50. The Kier molecular flexibility index (Phi) is 3.68. The SMILES string of the molecule is O=C(COc1ccc2c(c1)CCC2)Nc1ccccc1. The number of hydrogen-bond donors (Lipinski definition) is 1. The van der Waals surface area contributed by atoms with E-state index < -0.39 is 0 Å². The number of carbonyl (C=O) groups is 1. The molecule has 20 heavy (non-hydrogen) atoms. The maximum atomic E-state index is 11.8. The quantitative estimate of drug-likeness (QED) is 0.924. The number of rotatable bonds is 4. The number of fused-ring (bicyclic) bond motifs is 1. The molecule has 1 aliphatic rings. The van der Waals surface area contributed by atoms with Gasteiger partial charge in [-0.3, -0.25) is 4.79 Å². The molecule has 0 saturated heterocycles. The molecule has 0 atom stereocenters. The molecule has 102 valence electrons. The van der Waals surface area contributed by atoms with Crippen LogP contribution in [0.2, 0.25) is 0 Å². The number of hydrogen-bond acceptors (Lipinski definition) is 2. The zero-order valence-electron chi connectivity index (χ0n) is 11.3. The van der Waals surface area contributed by atoms with E-state index >= 15 is 0 Å². The van der Waals surface area contributed by atoms with Gasteiger partial charge in [-0.05, 0) is 54.7 Å². The number of nitrogens with one attached hydrogen (secondary N) is 1. The molecule has 0 radical (unpaired) electrons. The maximum absolute atomic E-state index is 11.8. The molecular weight excluding hydrogens is 250 g/mol. The van der Waals surface area contributed by atoms with Gasteiger partial charge < -0.3 is 10.1 Å². The molecule has 1 N–H and O–H groups in total. The van der Waals surface area contributed by atoms with Crippen molar-refractivity contribution in [1.82, 2.24) is 0 Å². The van der Waals surface area contributed by atoms with Crippen molar-refractivity contribution in [3.8, 4) is 5.75 Å². The van der Waals surface area contributed by atoms with Crippen LogP contribution in [0.4, 0.5) is 5.69 Å². The zero-order chi connectivity index (χ0) is 13.8. The fourth-order valence-corrected chi connectivity index (χ4v) is 2.51. The van der Waals surface area contributed by atoms with Gasteiger partial charge in [-0.15, -0.1) is 0 Å². The summed E-state index contributed by atoms with van der Waals surface area (Å²) in [6.45, 7) is 0.0354. The largest absolute Gasteiger partial charge is 0.484 e. The van der Waals surface area contributed by atoms with Crippen LogP contribution >= 0.6 is 0 Å². The molecule has 0 saturated carbocycles. The summed E-state index contributed by atoms with van der Waals surface area (Å²) in [6, 6.07) is 15.5. The zero-order valence-corrected chi connectivity index (χ0v) is 11.3. The molecule has 0 fully saturated rings. The Bertz CT molecular complexity index is 608. The first-order chi connectivity index (χ1) is 9.81. The van der Waals surface area contributed by atoms with E-state index in [0.717, 1.165) is 24.3 Å². The van der Waals surface area contributed by atoms with Crippen molar-refractivity contribution >= 4 is 11.6 Å². The van der Waals surface area contributed by atoms with Crippen LogP contribution in [-0.2, 0) is 17.6 Å². The van der Waals surface area contributed by atoms with E-state index in [1.165, 1.54) is 17.5 Å². The van der Waals surface area contributed by atoms with Crippen molar-refractivity contribution in [1.29, 1.82) is 0 Å². The lowest BCUT2D eigenvalue weighted by Gasteiger charge is -2.08. The Balaban J connectivity index is 1.55. The van der Waals surface area contributed by atoms with Crippen LogP contribution < -0.4 is 10.1 Å². The van der Waals surface area contributed by atoms with Crippen molar-refractivity contribution in [2.75, 3.05) is 11.9 Å². The van der Waals surface area contributed by atoms with E-state index in [2.05, 4.69) is 17.4 Å². The standard InChI is InChI=1S/C17H17NO2/c19-17(18-15-7-2-1-3-8-15)12-20-16-10-9-13-5-4-6-14(13)11-16/h1-3,7-11H,4-6,12H2,(H,18,19). The summed E-state index contributed by atoms with van der Waals surface area (Å²) in [4.78, 5) is 11.8. The summed E-state index contributed by atoms with van der Waals surface area (Å²) in [7, 11) is 0. The van der Waals surface area contributed by atoms with E-state index in [1.807, 2.05) is 36.4 Å². The first-order valence-electron chi connectivity index (χ1n) is 6.91. The van der Waals surface area contributed by atoms with Gasteiger partial charge in [-0.2, -0.15) is 0 Å². The van der Waals surface area contributed by atoms with E-state index in [1.54, 1.807) is 0 Å². The van der Waals surface area contributed by atoms with Crippen LogP contribution in [0.3, 0.4) is 0 Å². The summed E-state index contributed by atoms with van der Waals surface area (Å²) in [5.41, 5.74) is 3.55. The minimum absolute atomic E-state index is 0.0354. The van der Waals surface area contributed by atoms with Crippen LogP contribution in [0, 0.1) is 0 Å². The number of anilines is 1. The highest BCUT2D eigenvalue weighted by Gasteiger charge is 2.11. The van der Waals surface area contributed by atoms with E-state index in [4.69, 9.17) is 4.74 Å². The van der Waals surface area contributed by atoms with Crippen molar-refractivity contribution in [3.05, 3.63) is 59.7 Å². The molecule has 1 aliphatic carbocycles. The van der Waals surface area contributed by atoms with Gasteiger partial charge in [0.05, 0.1) is 0 Å². The molecule has 0 spiro atoms. The number of aryl methyl sites for hydroxylation is 2. The Morgan fingerprint density at radius 1 is 1.05 bits per heavy atom. The fourth-order valence-electron chi connectivity index (χ4n) is 2.51. The predicted molar refractivity (Wildman–Crippen MR) is 79.0 cm³/mol. The molecule has 0 aromatic heterocycles. The molecule has 2 aromatic rings. The van der Waals surface area contributed by atoms with E-state index in [9.17, 15) is 4.79 Å². The molecule has 0 aliphatic heterocycles. The maximum Gasteiger partial charge on any atom is 0.262 e. The lowest BCUT2D eigenvalue weighted by Crippen LogP contribution is -2.20. The molecule has 3 heteroatoms. The Labute approximate surface area is 118 Å². The molecular formula is C17H17NO2. The van der Waals surface area contributed by atoms with E-state index in [-0.39, 0.29) is 12.5 Å². The van der Waals surface area contributed by atoms with Gasteiger partial charge in [0.1, 0.15) is 5.75 Å². The monoisotopic (exact) mass is 267 g/mol. The first-order valence-corrected chi connectivity index (χ1v) is 6.91. The minimum Gasteiger partial charge on any atom is -0.484 e. The number of carbonyl (C=O) groups excluding carboxylic acids is 1. The normalized spacial score (nSPS) is 12.8. The third kappa shape index (κ3) is 2.99. The van der Waals surface area contributed by atoms with Gasteiger partial charge in [0.25, 0.3) is 5.91 Å². The molecule has 2 aromatic carbocycles. The number of benzene rings is 2. The Hall–Kier alpha value is -2.29. The Morgan fingerprint density at radius 3 is 2.70 bits per heavy atom. The highest BCUT2D eigenvalue weighted by Crippen LogP contribution is 2.25. The van der Waals surface area contributed by atoms with Gasteiger partial charge >= 0.3 is 0 Å². The summed E-state index contributed by atoms with van der Waals surface area (Å²) in [5.74, 6) is 0.630. The van der Waals surface area contributed by atoms with Crippen LogP contribution in [0.1, 0.15) is 17.5 Å². The number of amides is 1. The van der Waals surface area contributed by atoms with Gasteiger partial charge in [0, 0.05) is 5.69 Å². The third-order valence-corrected chi connectivity index (χ3v) is 3.50. The fraction of sp³-hybridized carbons (Fsp3) is 0.235. The van der Waals surface area contributed by atoms with Crippen molar-refractivity contribution in [2.45, 2.75) is 19.3 Å². The van der Waals surface area contributed by atoms with Crippen LogP contribution in [0.15, 0.2) is 48.5 Å². The average molecular weight is 267 g/mol. The predicted octanol–water partition coefficient (Wildman–Crippen LogP) is 3.19. The molecule has 3 nitrogen and oxygen atoms in total. The summed E-state index contributed by atoms with van der Waals surface area (Å²) in [5, 5.41) is 2.80. The summed E-state index contributed by atoms with van der Waals surface area (Å²) in [6.07, 6.45) is 3.49. The van der Waals surface area contributed by atoms with Crippen molar-refractivity contribution in [3.63, 3.8) is 0 Å². The molecule has 1 amide bonds. The van der Waals surface area contributed by atoms with Gasteiger partial charge in [0.15, 0.2) is 6.61 Å². The molecule has 0 bridgehead atoms. The van der Waals surface area contributed by atoms with Gasteiger partial charge in [-0.25, -0.2) is 0 Å². The van der Waals surface area contributed by atoms with Crippen LogP contribution in [0.25, 0.3) is 0 Å². The molecule has 0 heterocycles. The first kappa shape index (κ1) is 12.7. The topological polar surface area (TPSA) is 38.3 Å². The van der Waals surface area contributed by atoms with E-state index in [0.29, 0.717) is 0 Å². The lowest BCUT2D eigenvalue weighted by atomic mass is 10.1. The number of ether oxygens (including phenoxy) is 1. The highest BCUT2D eigenvalue weighted by molar-refractivity contribution is 5.91. The summed E-state index contributed by atoms with van der Waals surface area (Å²) >= 11 is 0. The highest BCUT2D eigenvalue weighted by atomic mass is 16.5. The molecule has 0 unspecified atom stereocenters. The van der Waals surface area contributed by atoms with Crippen LogP contribution in [-0.4, -0.2) is 12.5 Å².